The molecule has 21 heavy (non-hydrogen) atoms. The van der Waals surface area contributed by atoms with E-state index < -0.39 is 0 Å². The second-order valence-electron chi connectivity index (χ2n) is 6.35. The van der Waals surface area contributed by atoms with Crippen molar-refractivity contribution >= 4 is 21.4 Å². The van der Waals surface area contributed by atoms with E-state index in [0.717, 1.165) is 52.0 Å². The maximum atomic E-state index is 14.2. The third kappa shape index (κ3) is 2.85. The molecule has 0 amide bonds. The molecule has 2 nitrogen and oxygen atoms in total. The van der Waals surface area contributed by atoms with Crippen LogP contribution in [0.25, 0.3) is 10.1 Å². The molecule has 4 heteroatoms. The fourth-order valence-electron chi connectivity index (χ4n) is 3.32. The summed E-state index contributed by atoms with van der Waals surface area (Å²) in [6.07, 6.45) is 1.25. The molecule has 114 valence electrons. The number of likely N-dealkylation sites (tertiary alicyclic amines) is 1. The molecule has 0 radical (unpaired) electrons. The zero-order valence-electron chi connectivity index (χ0n) is 12.7. The Hall–Kier alpha value is -0.970. The molecule has 1 aliphatic rings. The van der Waals surface area contributed by atoms with Gasteiger partial charge in [-0.15, -0.1) is 11.3 Å². The van der Waals surface area contributed by atoms with Crippen LogP contribution in [0.4, 0.5) is 4.39 Å². The van der Waals surface area contributed by atoms with Gasteiger partial charge in [-0.2, -0.15) is 0 Å². The molecule has 0 bridgehead atoms. The number of rotatable bonds is 4. The van der Waals surface area contributed by atoms with Gasteiger partial charge in [-0.3, -0.25) is 4.90 Å². The topological polar surface area (TPSA) is 29.3 Å². The Morgan fingerprint density at radius 1 is 1.43 bits per heavy atom. The third-order valence-corrected chi connectivity index (χ3v) is 5.89. The minimum absolute atomic E-state index is 0.113. The number of hydrogen-bond acceptors (Lipinski definition) is 3. The van der Waals surface area contributed by atoms with Crippen LogP contribution in [0.3, 0.4) is 0 Å². The summed E-state index contributed by atoms with van der Waals surface area (Å²) in [6.45, 7) is 8.14. The lowest BCUT2D eigenvalue weighted by Crippen LogP contribution is -2.22. The van der Waals surface area contributed by atoms with Gasteiger partial charge in [-0.1, -0.05) is 19.9 Å². The van der Waals surface area contributed by atoms with Crippen molar-refractivity contribution in [3.63, 3.8) is 0 Å². The van der Waals surface area contributed by atoms with E-state index >= 15 is 0 Å². The monoisotopic (exact) mass is 306 g/mol. The van der Waals surface area contributed by atoms with Gasteiger partial charge >= 0.3 is 0 Å². The molecule has 0 saturated carbocycles. The zero-order valence-corrected chi connectivity index (χ0v) is 13.5. The summed E-state index contributed by atoms with van der Waals surface area (Å²) < 4.78 is 15.2. The first-order valence-corrected chi connectivity index (χ1v) is 8.53. The lowest BCUT2D eigenvalue weighted by molar-refractivity contribution is 0.297. The van der Waals surface area contributed by atoms with Crippen LogP contribution in [0.5, 0.6) is 0 Å². The van der Waals surface area contributed by atoms with E-state index in [-0.39, 0.29) is 5.82 Å². The van der Waals surface area contributed by atoms with Crippen molar-refractivity contribution in [1.82, 2.24) is 4.90 Å². The van der Waals surface area contributed by atoms with Crippen LogP contribution in [-0.4, -0.2) is 18.0 Å². The summed E-state index contributed by atoms with van der Waals surface area (Å²) in [5, 5.41) is 0.788. The predicted octanol–water partition coefficient (Wildman–Crippen LogP) is 3.98. The average Bonchev–Trinajstić information content (AvgIpc) is 3.05. The highest BCUT2D eigenvalue weighted by Gasteiger charge is 2.26. The lowest BCUT2D eigenvalue weighted by Gasteiger charge is -2.18. The van der Waals surface area contributed by atoms with Crippen molar-refractivity contribution in [3.8, 4) is 0 Å². The Morgan fingerprint density at radius 3 is 2.90 bits per heavy atom. The van der Waals surface area contributed by atoms with E-state index in [4.69, 9.17) is 5.73 Å². The number of fused-ring (bicyclic) bond motifs is 1. The number of benzene rings is 1. The number of thiophene rings is 1. The van der Waals surface area contributed by atoms with Crippen molar-refractivity contribution in [3.05, 3.63) is 34.5 Å². The largest absolute Gasteiger partial charge is 0.326 e. The molecule has 1 fully saturated rings. The van der Waals surface area contributed by atoms with Gasteiger partial charge in [0.25, 0.3) is 0 Å². The third-order valence-electron chi connectivity index (χ3n) is 4.67. The molecule has 1 aliphatic heterocycles. The highest BCUT2D eigenvalue weighted by molar-refractivity contribution is 7.19. The van der Waals surface area contributed by atoms with Gasteiger partial charge in [0, 0.05) is 34.6 Å². The highest BCUT2D eigenvalue weighted by atomic mass is 32.1. The molecule has 1 saturated heterocycles. The SMILES string of the molecule is CC(C)C1CCN(Cc2c(CN)sc3cccc(F)c23)C1. The van der Waals surface area contributed by atoms with E-state index in [9.17, 15) is 4.39 Å². The highest BCUT2D eigenvalue weighted by Crippen LogP contribution is 2.35. The van der Waals surface area contributed by atoms with Gasteiger partial charge in [-0.25, -0.2) is 4.39 Å². The molecule has 1 aromatic carbocycles. The number of halogens is 1. The maximum absolute atomic E-state index is 14.2. The molecule has 0 spiro atoms. The molecule has 1 unspecified atom stereocenters. The van der Waals surface area contributed by atoms with E-state index in [1.165, 1.54) is 6.42 Å². The molecule has 2 N–H and O–H groups in total. The Morgan fingerprint density at radius 2 is 2.24 bits per heavy atom. The number of nitrogens with zero attached hydrogens (tertiary/aromatic N) is 1. The predicted molar refractivity (Wildman–Crippen MR) is 87.9 cm³/mol. The van der Waals surface area contributed by atoms with Crippen LogP contribution in [0.1, 0.15) is 30.7 Å². The normalized spacial score (nSPS) is 20.0. The Bertz CT molecular complexity index is 635. The van der Waals surface area contributed by atoms with Crippen LogP contribution in [0.15, 0.2) is 18.2 Å². The van der Waals surface area contributed by atoms with Gasteiger partial charge in [0.15, 0.2) is 0 Å². The maximum Gasteiger partial charge on any atom is 0.132 e. The van der Waals surface area contributed by atoms with Gasteiger partial charge < -0.3 is 5.73 Å². The Kier molecular flexibility index (Phi) is 4.29. The van der Waals surface area contributed by atoms with Gasteiger partial charge in [0.05, 0.1) is 0 Å². The molecule has 1 aromatic heterocycles. The first-order valence-electron chi connectivity index (χ1n) is 7.71. The molecular weight excluding hydrogens is 283 g/mol. The van der Waals surface area contributed by atoms with Crippen LogP contribution >= 0.6 is 11.3 Å². The fourth-order valence-corrected chi connectivity index (χ4v) is 4.43. The minimum Gasteiger partial charge on any atom is -0.326 e. The van der Waals surface area contributed by atoms with E-state index in [2.05, 4.69) is 18.7 Å². The minimum atomic E-state index is -0.113. The Labute approximate surface area is 129 Å². The van der Waals surface area contributed by atoms with Crippen LogP contribution in [0.2, 0.25) is 0 Å². The van der Waals surface area contributed by atoms with Crippen molar-refractivity contribution in [2.24, 2.45) is 17.6 Å². The van der Waals surface area contributed by atoms with Crippen LogP contribution < -0.4 is 5.73 Å². The van der Waals surface area contributed by atoms with Crippen molar-refractivity contribution in [1.29, 1.82) is 0 Å². The van der Waals surface area contributed by atoms with Crippen molar-refractivity contribution in [2.45, 2.75) is 33.4 Å². The second-order valence-corrected chi connectivity index (χ2v) is 7.49. The van der Waals surface area contributed by atoms with E-state index in [1.54, 1.807) is 23.5 Å². The standard InChI is InChI=1S/C17H23FN2S/c1-11(2)12-6-7-20(9-12)10-13-16(8-19)21-15-5-3-4-14(18)17(13)15/h3-5,11-12H,6-10,19H2,1-2H3. The van der Waals surface area contributed by atoms with Crippen LogP contribution in [-0.2, 0) is 13.1 Å². The fraction of sp³-hybridized carbons (Fsp3) is 0.529. The first-order chi connectivity index (χ1) is 10.1. The second kappa shape index (κ2) is 6.03. The summed E-state index contributed by atoms with van der Waals surface area (Å²) in [5.74, 6) is 1.37. The molecule has 2 heterocycles. The summed E-state index contributed by atoms with van der Waals surface area (Å²) in [7, 11) is 0. The quantitative estimate of drug-likeness (QED) is 0.926. The van der Waals surface area contributed by atoms with Crippen molar-refractivity contribution in [2.75, 3.05) is 13.1 Å². The summed E-state index contributed by atoms with van der Waals surface area (Å²) in [6, 6.07) is 5.33. The molecular formula is C17H23FN2S. The first kappa shape index (κ1) is 14.9. The van der Waals surface area contributed by atoms with E-state index in [1.807, 2.05) is 6.07 Å². The number of hydrogen-bond donors (Lipinski definition) is 1. The van der Waals surface area contributed by atoms with Crippen molar-refractivity contribution < 1.29 is 4.39 Å². The summed E-state index contributed by atoms with van der Waals surface area (Å²) >= 11 is 1.64. The average molecular weight is 306 g/mol. The molecule has 1 atom stereocenters. The van der Waals surface area contributed by atoms with Gasteiger partial charge in [0.1, 0.15) is 5.82 Å². The van der Waals surface area contributed by atoms with Gasteiger partial charge in [0.2, 0.25) is 0 Å². The van der Waals surface area contributed by atoms with E-state index in [0.29, 0.717) is 6.54 Å². The molecule has 0 aliphatic carbocycles. The summed E-state index contributed by atoms with van der Waals surface area (Å²) in [5.41, 5.74) is 6.99. The van der Waals surface area contributed by atoms with Gasteiger partial charge in [-0.05, 0) is 42.5 Å². The molecule has 3 rings (SSSR count). The zero-order chi connectivity index (χ0) is 15.0. The van der Waals surface area contributed by atoms with Crippen LogP contribution in [0, 0.1) is 17.7 Å². The lowest BCUT2D eigenvalue weighted by atomic mass is 9.95. The summed E-state index contributed by atoms with van der Waals surface area (Å²) in [4.78, 5) is 3.58. The number of nitrogens with two attached hydrogens (primary N) is 1. The Balaban J connectivity index is 1.90. The smallest absolute Gasteiger partial charge is 0.132 e. The molecule has 2 aromatic rings.